The molecule has 1 aliphatic rings. The SMILES string of the molecule is Cc1c(NCS(=O)(=O)O)c(=O)n(C2CCCCC2)c(=O)n1C. The molecule has 1 fully saturated rings. The van der Waals surface area contributed by atoms with Gasteiger partial charge in [-0.1, -0.05) is 19.3 Å². The van der Waals surface area contributed by atoms with Crippen molar-refractivity contribution in [2.24, 2.45) is 7.05 Å². The lowest BCUT2D eigenvalue weighted by Crippen LogP contribution is -2.44. The Morgan fingerprint density at radius 1 is 1.23 bits per heavy atom. The van der Waals surface area contributed by atoms with Gasteiger partial charge in [0.2, 0.25) is 0 Å². The summed E-state index contributed by atoms with van der Waals surface area (Å²) in [5.74, 6) is -0.772. The summed E-state index contributed by atoms with van der Waals surface area (Å²) in [5, 5.41) is 2.44. The number of hydrogen-bond acceptors (Lipinski definition) is 5. The predicted octanol–water partition coefficient (Wildman–Crippen LogP) is 0.618. The Balaban J connectivity index is 2.52. The lowest BCUT2D eigenvalue weighted by molar-refractivity contribution is 0.331. The Morgan fingerprint density at radius 3 is 2.36 bits per heavy atom. The van der Waals surface area contributed by atoms with Gasteiger partial charge >= 0.3 is 5.69 Å². The van der Waals surface area contributed by atoms with Crippen molar-refractivity contribution in [3.8, 4) is 0 Å². The number of aromatic nitrogens is 2. The predicted molar refractivity (Wildman–Crippen MR) is 82.8 cm³/mol. The standard InChI is InChI=1S/C13H21N3O5S/c1-9-11(14-8-22(19,20)21)12(17)16(13(18)15(9)2)10-6-4-3-5-7-10/h10,14H,3-8H2,1-2H3,(H,19,20,21). The molecule has 1 aromatic heterocycles. The maximum atomic E-state index is 12.6. The van der Waals surface area contributed by atoms with E-state index in [0.717, 1.165) is 32.1 Å². The van der Waals surface area contributed by atoms with Gasteiger partial charge < -0.3 is 5.32 Å². The van der Waals surface area contributed by atoms with Gasteiger partial charge in [-0.3, -0.25) is 18.5 Å². The zero-order chi connectivity index (χ0) is 16.5. The van der Waals surface area contributed by atoms with E-state index in [4.69, 9.17) is 4.55 Å². The van der Waals surface area contributed by atoms with E-state index in [9.17, 15) is 18.0 Å². The second-order valence-corrected chi connectivity index (χ2v) is 7.12. The van der Waals surface area contributed by atoms with Gasteiger partial charge in [0.15, 0.2) is 0 Å². The van der Waals surface area contributed by atoms with Crippen molar-refractivity contribution in [1.82, 2.24) is 9.13 Å². The summed E-state index contributed by atoms with van der Waals surface area (Å²) in [4.78, 5) is 25.0. The Morgan fingerprint density at radius 2 is 1.82 bits per heavy atom. The highest BCUT2D eigenvalue weighted by molar-refractivity contribution is 7.85. The molecule has 0 amide bonds. The second kappa shape index (κ2) is 6.25. The van der Waals surface area contributed by atoms with Crippen LogP contribution in [0, 0.1) is 6.92 Å². The van der Waals surface area contributed by atoms with Gasteiger partial charge in [0.25, 0.3) is 15.7 Å². The van der Waals surface area contributed by atoms with Crippen molar-refractivity contribution >= 4 is 15.8 Å². The molecule has 2 N–H and O–H groups in total. The number of rotatable bonds is 4. The van der Waals surface area contributed by atoms with Gasteiger partial charge in [0.05, 0.1) is 0 Å². The van der Waals surface area contributed by atoms with Crippen molar-refractivity contribution in [2.75, 3.05) is 11.2 Å². The molecule has 124 valence electrons. The highest BCUT2D eigenvalue weighted by atomic mass is 32.2. The Bertz CT molecular complexity index is 772. The van der Waals surface area contributed by atoms with Gasteiger partial charge in [-0.25, -0.2) is 4.79 Å². The topological polar surface area (TPSA) is 110 Å². The molecule has 0 saturated heterocycles. The smallest absolute Gasteiger partial charge is 0.331 e. The van der Waals surface area contributed by atoms with Crippen LogP contribution in [0.3, 0.4) is 0 Å². The molecule has 1 saturated carbocycles. The highest BCUT2D eigenvalue weighted by Crippen LogP contribution is 2.26. The van der Waals surface area contributed by atoms with Crippen LogP contribution >= 0.6 is 0 Å². The molecule has 0 atom stereocenters. The molecule has 0 aromatic carbocycles. The van der Waals surface area contributed by atoms with Crippen LogP contribution in [0.1, 0.15) is 43.8 Å². The first-order valence-electron chi connectivity index (χ1n) is 7.23. The summed E-state index contributed by atoms with van der Waals surface area (Å²) in [5.41, 5.74) is -0.557. The van der Waals surface area contributed by atoms with Crippen LogP contribution in [0.2, 0.25) is 0 Å². The number of hydrogen-bond donors (Lipinski definition) is 2. The molecule has 0 spiro atoms. The number of anilines is 1. The van der Waals surface area contributed by atoms with Crippen LogP contribution in [0.5, 0.6) is 0 Å². The first-order chi connectivity index (χ1) is 10.2. The van der Waals surface area contributed by atoms with Crippen LogP contribution in [0.15, 0.2) is 9.59 Å². The van der Waals surface area contributed by atoms with E-state index in [-0.39, 0.29) is 11.7 Å². The molecular weight excluding hydrogens is 310 g/mol. The Hall–Kier alpha value is -1.61. The average Bonchev–Trinajstić information content (AvgIpc) is 2.45. The van der Waals surface area contributed by atoms with E-state index < -0.39 is 27.2 Å². The normalized spacial score (nSPS) is 16.7. The number of nitrogens with one attached hydrogen (secondary N) is 1. The second-order valence-electron chi connectivity index (χ2n) is 5.67. The van der Waals surface area contributed by atoms with E-state index in [2.05, 4.69) is 5.32 Å². The summed E-state index contributed by atoms with van der Waals surface area (Å²) < 4.78 is 33.1. The molecule has 1 heterocycles. The molecule has 0 bridgehead atoms. The van der Waals surface area contributed by atoms with Gasteiger partial charge in [0.1, 0.15) is 11.6 Å². The van der Waals surface area contributed by atoms with Crippen LogP contribution in [0.4, 0.5) is 5.69 Å². The summed E-state index contributed by atoms with van der Waals surface area (Å²) >= 11 is 0. The van der Waals surface area contributed by atoms with E-state index in [1.54, 1.807) is 6.92 Å². The first kappa shape index (κ1) is 16.8. The van der Waals surface area contributed by atoms with E-state index >= 15 is 0 Å². The third-order valence-corrected chi connectivity index (χ3v) is 4.67. The van der Waals surface area contributed by atoms with Crippen molar-refractivity contribution in [1.29, 1.82) is 0 Å². The monoisotopic (exact) mass is 331 g/mol. The van der Waals surface area contributed by atoms with Gasteiger partial charge in [-0.15, -0.1) is 0 Å². The summed E-state index contributed by atoms with van der Waals surface area (Å²) in [6.45, 7) is 1.56. The third kappa shape index (κ3) is 3.41. The van der Waals surface area contributed by atoms with Crippen LogP contribution in [0.25, 0.3) is 0 Å². The molecular formula is C13H21N3O5S. The van der Waals surface area contributed by atoms with E-state index in [1.807, 2.05) is 0 Å². The minimum absolute atomic E-state index is 0.0327. The molecule has 8 nitrogen and oxygen atoms in total. The zero-order valence-corrected chi connectivity index (χ0v) is 13.5. The lowest BCUT2D eigenvalue weighted by atomic mass is 9.95. The van der Waals surface area contributed by atoms with Crippen LogP contribution < -0.4 is 16.6 Å². The summed E-state index contributed by atoms with van der Waals surface area (Å²) in [6, 6.07) is -0.160. The average molecular weight is 331 g/mol. The largest absolute Gasteiger partial charge is 0.364 e. The molecule has 22 heavy (non-hydrogen) atoms. The number of nitrogens with zero attached hydrogens (tertiary/aromatic N) is 2. The molecule has 0 aliphatic heterocycles. The van der Waals surface area contributed by atoms with E-state index in [1.165, 1.54) is 16.2 Å². The zero-order valence-electron chi connectivity index (χ0n) is 12.7. The fourth-order valence-electron chi connectivity index (χ4n) is 2.86. The van der Waals surface area contributed by atoms with Crippen molar-refractivity contribution < 1.29 is 13.0 Å². The van der Waals surface area contributed by atoms with Gasteiger partial charge in [-0.2, -0.15) is 8.42 Å². The van der Waals surface area contributed by atoms with Crippen molar-refractivity contribution in [3.05, 3.63) is 26.5 Å². The minimum atomic E-state index is -4.26. The van der Waals surface area contributed by atoms with Gasteiger partial charge in [-0.05, 0) is 19.8 Å². The maximum absolute atomic E-state index is 12.6. The molecule has 1 aliphatic carbocycles. The molecule has 0 unspecified atom stereocenters. The molecule has 2 rings (SSSR count). The highest BCUT2D eigenvalue weighted by Gasteiger charge is 2.23. The van der Waals surface area contributed by atoms with Crippen LogP contribution in [-0.2, 0) is 17.2 Å². The first-order valence-corrected chi connectivity index (χ1v) is 8.84. The summed E-state index contributed by atoms with van der Waals surface area (Å²) in [6.07, 6.45) is 4.53. The third-order valence-electron chi connectivity index (χ3n) is 4.16. The Kier molecular flexibility index (Phi) is 4.76. The maximum Gasteiger partial charge on any atom is 0.331 e. The lowest BCUT2D eigenvalue weighted by Gasteiger charge is -2.25. The van der Waals surface area contributed by atoms with Crippen LogP contribution in [-0.4, -0.2) is 28.0 Å². The fraction of sp³-hybridized carbons (Fsp3) is 0.692. The van der Waals surface area contributed by atoms with E-state index in [0.29, 0.717) is 5.69 Å². The molecule has 1 aromatic rings. The summed E-state index contributed by atoms with van der Waals surface area (Å²) in [7, 11) is -2.73. The van der Waals surface area contributed by atoms with Gasteiger partial charge in [0, 0.05) is 18.8 Å². The molecule has 0 radical (unpaired) electrons. The van der Waals surface area contributed by atoms with Crippen molar-refractivity contribution in [2.45, 2.75) is 45.1 Å². The quantitative estimate of drug-likeness (QED) is 0.783. The molecule has 9 heteroatoms. The fourth-order valence-corrected chi connectivity index (χ4v) is 3.19. The van der Waals surface area contributed by atoms with Crippen molar-refractivity contribution in [3.63, 3.8) is 0 Å². The Labute approximate surface area is 128 Å². The minimum Gasteiger partial charge on any atom is -0.364 e.